The van der Waals surface area contributed by atoms with Gasteiger partial charge in [-0.05, 0) is 29.8 Å². The van der Waals surface area contributed by atoms with Crippen molar-refractivity contribution in [2.75, 3.05) is 0 Å². The second-order valence-electron chi connectivity index (χ2n) is 3.10. The van der Waals surface area contributed by atoms with E-state index in [0.717, 1.165) is 4.88 Å². The Balaban J connectivity index is 2.28. The lowest BCUT2D eigenvalue weighted by Crippen LogP contribution is -1.96. The van der Waals surface area contributed by atoms with Gasteiger partial charge in [0.15, 0.2) is 0 Å². The molecule has 0 aliphatic carbocycles. The van der Waals surface area contributed by atoms with E-state index in [-0.39, 0.29) is 5.82 Å². The number of aliphatic hydroxyl groups excluding tert-OH is 1. The van der Waals surface area contributed by atoms with Gasteiger partial charge in [-0.25, -0.2) is 4.39 Å². The molecular formula is C11H8ClFOS. The number of halogens is 2. The Labute approximate surface area is 95.8 Å². The minimum Gasteiger partial charge on any atom is -0.383 e. The van der Waals surface area contributed by atoms with E-state index in [1.54, 1.807) is 24.3 Å². The Morgan fingerprint density at radius 3 is 2.33 bits per heavy atom. The van der Waals surface area contributed by atoms with Gasteiger partial charge in [0, 0.05) is 4.88 Å². The summed E-state index contributed by atoms with van der Waals surface area (Å²) in [7, 11) is 0. The average molecular weight is 243 g/mol. The first-order chi connectivity index (χ1) is 7.16. The number of thiophene rings is 1. The van der Waals surface area contributed by atoms with Crippen LogP contribution in [0.5, 0.6) is 0 Å². The van der Waals surface area contributed by atoms with Crippen LogP contribution in [0.3, 0.4) is 0 Å². The molecule has 2 aromatic rings. The van der Waals surface area contributed by atoms with Gasteiger partial charge < -0.3 is 5.11 Å². The smallest absolute Gasteiger partial charge is 0.123 e. The van der Waals surface area contributed by atoms with E-state index in [9.17, 15) is 9.50 Å². The van der Waals surface area contributed by atoms with E-state index in [2.05, 4.69) is 0 Å². The zero-order valence-corrected chi connectivity index (χ0v) is 9.23. The summed E-state index contributed by atoms with van der Waals surface area (Å²) in [5, 5.41) is 9.93. The number of rotatable bonds is 2. The number of aliphatic hydroxyl groups is 1. The van der Waals surface area contributed by atoms with E-state index < -0.39 is 6.10 Å². The Bertz CT molecular complexity index is 452. The molecule has 4 heteroatoms. The molecule has 1 nitrogen and oxygen atoms in total. The molecule has 0 aliphatic rings. The maximum atomic E-state index is 12.7. The SMILES string of the molecule is OC(c1ccc(F)cc1)c1ccc(Cl)s1. The van der Waals surface area contributed by atoms with Gasteiger partial charge >= 0.3 is 0 Å². The van der Waals surface area contributed by atoms with Crippen molar-refractivity contribution in [1.82, 2.24) is 0 Å². The quantitative estimate of drug-likeness (QED) is 0.853. The molecule has 1 aromatic carbocycles. The zero-order chi connectivity index (χ0) is 10.8. The topological polar surface area (TPSA) is 20.2 Å². The first-order valence-electron chi connectivity index (χ1n) is 4.35. The summed E-state index contributed by atoms with van der Waals surface area (Å²) < 4.78 is 13.3. The van der Waals surface area contributed by atoms with Crippen molar-refractivity contribution in [2.45, 2.75) is 6.10 Å². The highest BCUT2D eigenvalue weighted by molar-refractivity contribution is 7.16. The maximum Gasteiger partial charge on any atom is 0.123 e. The third-order valence-electron chi connectivity index (χ3n) is 2.05. The van der Waals surface area contributed by atoms with Gasteiger partial charge in [0.2, 0.25) is 0 Å². The van der Waals surface area contributed by atoms with Crippen LogP contribution in [-0.2, 0) is 0 Å². The van der Waals surface area contributed by atoms with Crippen molar-refractivity contribution in [3.8, 4) is 0 Å². The molecule has 0 saturated carbocycles. The molecule has 1 heterocycles. The van der Waals surface area contributed by atoms with Crippen LogP contribution >= 0.6 is 22.9 Å². The molecule has 0 radical (unpaired) electrons. The van der Waals surface area contributed by atoms with Gasteiger partial charge in [0.05, 0.1) is 4.34 Å². The molecule has 0 amide bonds. The van der Waals surface area contributed by atoms with Crippen LogP contribution in [-0.4, -0.2) is 5.11 Å². The van der Waals surface area contributed by atoms with E-state index in [1.165, 1.54) is 23.5 Å². The van der Waals surface area contributed by atoms with Crippen molar-refractivity contribution in [3.05, 3.63) is 57.0 Å². The second-order valence-corrected chi connectivity index (χ2v) is 4.84. The van der Waals surface area contributed by atoms with Crippen LogP contribution < -0.4 is 0 Å². The molecule has 0 saturated heterocycles. The van der Waals surface area contributed by atoms with Gasteiger partial charge in [-0.2, -0.15) is 0 Å². The second kappa shape index (κ2) is 4.31. The molecule has 1 unspecified atom stereocenters. The Morgan fingerprint density at radius 2 is 1.80 bits per heavy atom. The van der Waals surface area contributed by atoms with E-state index in [0.29, 0.717) is 9.90 Å². The standard InChI is InChI=1S/C11H8ClFOS/c12-10-6-5-9(15-10)11(14)7-1-3-8(13)4-2-7/h1-6,11,14H. The highest BCUT2D eigenvalue weighted by Gasteiger charge is 2.12. The average Bonchev–Trinajstić information content (AvgIpc) is 2.65. The van der Waals surface area contributed by atoms with Crippen LogP contribution in [0.4, 0.5) is 4.39 Å². The van der Waals surface area contributed by atoms with E-state index in [4.69, 9.17) is 11.6 Å². The summed E-state index contributed by atoms with van der Waals surface area (Å²) in [5.41, 5.74) is 0.662. The Kier molecular flexibility index (Phi) is 3.05. The van der Waals surface area contributed by atoms with E-state index >= 15 is 0 Å². The van der Waals surface area contributed by atoms with E-state index in [1.807, 2.05) is 0 Å². The third kappa shape index (κ3) is 2.37. The first kappa shape index (κ1) is 10.6. The van der Waals surface area contributed by atoms with Gasteiger partial charge in [-0.1, -0.05) is 23.7 Å². The first-order valence-corrected chi connectivity index (χ1v) is 5.55. The predicted molar refractivity (Wildman–Crippen MR) is 59.8 cm³/mol. The molecule has 0 bridgehead atoms. The van der Waals surface area contributed by atoms with Gasteiger partial charge in [-0.3, -0.25) is 0 Å². The van der Waals surface area contributed by atoms with Crippen LogP contribution in [0.25, 0.3) is 0 Å². The molecule has 1 atom stereocenters. The Hall–Kier alpha value is -0.900. The summed E-state index contributed by atoms with van der Waals surface area (Å²) in [6, 6.07) is 9.28. The molecule has 15 heavy (non-hydrogen) atoms. The number of hydrogen-bond donors (Lipinski definition) is 1. The van der Waals surface area contributed by atoms with Crippen molar-refractivity contribution in [2.24, 2.45) is 0 Å². The van der Waals surface area contributed by atoms with Crippen molar-refractivity contribution in [1.29, 1.82) is 0 Å². The van der Waals surface area contributed by atoms with Crippen molar-refractivity contribution >= 4 is 22.9 Å². The largest absolute Gasteiger partial charge is 0.383 e. The lowest BCUT2D eigenvalue weighted by atomic mass is 10.1. The van der Waals surface area contributed by atoms with Crippen molar-refractivity contribution < 1.29 is 9.50 Å². The number of hydrogen-bond acceptors (Lipinski definition) is 2. The molecule has 0 aliphatic heterocycles. The lowest BCUT2D eigenvalue weighted by molar-refractivity contribution is 0.224. The van der Waals surface area contributed by atoms with Crippen LogP contribution in [0.15, 0.2) is 36.4 Å². The highest BCUT2D eigenvalue weighted by atomic mass is 35.5. The van der Waals surface area contributed by atoms with Crippen LogP contribution in [0.2, 0.25) is 4.34 Å². The predicted octanol–water partition coefficient (Wildman–Crippen LogP) is 3.62. The fraction of sp³-hybridized carbons (Fsp3) is 0.0909. The minimum atomic E-state index is -0.733. The van der Waals surface area contributed by atoms with Gasteiger partial charge in [0.25, 0.3) is 0 Å². The fourth-order valence-corrected chi connectivity index (χ4v) is 2.36. The summed E-state index contributed by atoms with van der Waals surface area (Å²) in [5.74, 6) is -0.310. The molecular weight excluding hydrogens is 235 g/mol. The molecule has 1 N–H and O–H groups in total. The summed E-state index contributed by atoms with van der Waals surface area (Å²) >= 11 is 7.08. The highest BCUT2D eigenvalue weighted by Crippen LogP contribution is 2.30. The van der Waals surface area contributed by atoms with Gasteiger partial charge in [-0.15, -0.1) is 11.3 Å². The molecule has 0 spiro atoms. The fourth-order valence-electron chi connectivity index (χ4n) is 1.28. The molecule has 1 aromatic heterocycles. The normalized spacial score (nSPS) is 12.7. The van der Waals surface area contributed by atoms with Crippen molar-refractivity contribution in [3.63, 3.8) is 0 Å². The van der Waals surface area contributed by atoms with Crippen LogP contribution in [0, 0.1) is 5.82 Å². The summed E-state index contributed by atoms with van der Waals surface area (Å²) in [6.45, 7) is 0. The number of benzene rings is 1. The lowest BCUT2D eigenvalue weighted by Gasteiger charge is -2.08. The van der Waals surface area contributed by atoms with Crippen LogP contribution in [0.1, 0.15) is 16.5 Å². The molecule has 0 fully saturated rings. The maximum absolute atomic E-state index is 12.7. The minimum absolute atomic E-state index is 0.310. The molecule has 2 rings (SSSR count). The Morgan fingerprint density at radius 1 is 1.13 bits per heavy atom. The van der Waals surface area contributed by atoms with Gasteiger partial charge in [0.1, 0.15) is 11.9 Å². The monoisotopic (exact) mass is 242 g/mol. The molecule has 78 valence electrons. The summed E-state index contributed by atoms with van der Waals surface area (Å²) in [4.78, 5) is 0.756. The third-order valence-corrected chi connectivity index (χ3v) is 3.33. The summed E-state index contributed by atoms with van der Waals surface area (Å²) in [6.07, 6.45) is -0.733. The zero-order valence-electron chi connectivity index (χ0n) is 7.65.